The average molecular weight is 3090 g/mol. The smallest absolute Gasteiger partial charge is 0.124 e. The van der Waals surface area contributed by atoms with E-state index in [0.717, 1.165) is 0 Å². The van der Waals surface area contributed by atoms with E-state index in [1.165, 1.54) is 0 Å². The number of rotatable bonds is 15. The Morgan fingerprint density at radius 1 is 0.232 bits per heavy atom. The summed E-state index contributed by atoms with van der Waals surface area (Å²) in [7, 11) is 0. The van der Waals surface area contributed by atoms with Crippen molar-refractivity contribution < 1.29 is 256 Å². The van der Waals surface area contributed by atoms with Gasteiger partial charge in [0.2, 0.25) is 0 Å². The molecule has 6 aromatic carbocycles. The van der Waals surface area contributed by atoms with E-state index < -0.39 is 0 Å². The van der Waals surface area contributed by atoms with E-state index in [-0.39, 0.29) is 414 Å². The molecule has 0 aliphatic carbocycles. The molecule has 0 atom stereocenters. The van der Waals surface area contributed by atoms with Crippen LogP contribution in [0.1, 0.15) is 33.4 Å². The number of nitrogens with zero attached hydrogens (tertiary/aromatic N) is 12. The fourth-order valence-corrected chi connectivity index (χ4v) is 4.90. The third-order valence-corrected chi connectivity index (χ3v) is 8.08. The van der Waals surface area contributed by atoms with Crippen molar-refractivity contribution in [2.45, 2.75) is 0 Å². The van der Waals surface area contributed by atoms with Crippen molar-refractivity contribution in [1.82, 2.24) is 0 Å². The van der Waals surface area contributed by atoms with E-state index in [2.05, 4.69) is 30.0 Å². The van der Waals surface area contributed by atoms with Gasteiger partial charge in [-0.1, -0.05) is 72.8 Å². The third kappa shape index (κ3) is 92.2. The molecule has 0 saturated heterocycles. The summed E-state index contributed by atoms with van der Waals surface area (Å²) in [6.07, 6.45) is 9.78. The van der Waals surface area contributed by atoms with Gasteiger partial charge in [-0.15, -0.1) is 0 Å². The van der Waals surface area contributed by atoms with Crippen LogP contribution in [0.4, 0.5) is 0 Å². The third-order valence-electron chi connectivity index (χ3n) is 8.08. The predicted octanol–water partition coefficient (Wildman–Crippen LogP) is 7.56. The molecule has 0 aromatic heterocycles. The minimum Gasteiger partial charge on any atom is -1.00 e. The molecule has 41 heteroatoms. The summed E-state index contributed by atoms with van der Waals surface area (Å²) in [6.45, 7) is 31.7. The van der Waals surface area contributed by atoms with Crippen molar-refractivity contribution in [1.29, 1.82) is 31.6 Å². The average Bonchev–Trinajstić information content (AvgIpc) is 3.43. The van der Waals surface area contributed by atoms with Gasteiger partial charge in [0.25, 0.3) is 0 Å². The van der Waals surface area contributed by atoms with Gasteiger partial charge in [0.05, 0.1) is 39.3 Å². The summed E-state index contributed by atoms with van der Waals surface area (Å²) < 4.78 is 0. The number of benzene rings is 6. The van der Waals surface area contributed by atoms with Gasteiger partial charge in [-0.3, -0.25) is 30.0 Å². The van der Waals surface area contributed by atoms with E-state index >= 15 is 0 Å². The Bertz CT molecular complexity index is 2340. The second-order valence-electron chi connectivity index (χ2n) is 12.6. The number of aromatic hydroxyl groups is 6. The normalized spacial score (nSPS) is 7.33. The van der Waals surface area contributed by atoms with Crippen molar-refractivity contribution in [2.24, 2.45) is 30.0 Å². The molecule has 0 fully saturated rings. The van der Waals surface area contributed by atoms with E-state index in [1.807, 2.05) is 36.4 Å². The van der Waals surface area contributed by atoms with Crippen LogP contribution in [0.2, 0.25) is 0 Å². The van der Waals surface area contributed by atoms with Crippen molar-refractivity contribution in [3.63, 3.8) is 0 Å². The SMILES string of the molecule is Oc1ccccc1C=NCCN=Cc1ccccc1O.Oc1ccccc1C=NCCN=Cc1ccccc1O.Oc1ccccc1C=NCCN=Cc1ccccc1O.[C-]#N.[C-]#N.[C-]#N.[C-]#N.[C-]#N.[C-]#N.[Mn].[Mn].[Mn].[Mn].[Mn].[Mn].[NH2-].[NH2-].[NH2-].[Re].[Re].[Re].[Re].[Re].[Re].[Se-].[Se-].[Se].[Se].[Se].[Se].[Se].[Se]. The van der Waals surface area contributed by atoms with E-state index in [4.69, 9.17) is 71.0 Å². The Labute approximate surface area is 789 Å². The maximum Gasteiger partial charge on any atom is 0.124 e. The Hall–Kier alpha value is 0.207. The summed E-state index contributed by atoms with van der Waals surface area (Å²) in [5.74, 6) is 1.30. The minimum atomic E-state index is 0. The van der Waals surface area contributed by atoms with Crippen LogP contribution in [0.5, 0.6) is 34.5 Å². The fourth-order valence-electron chi connectivity index (χ4n) is 4.90. The monoisotopic (exact) mass is 3100 g/mol. The van der Waals surface area contributed by atoms with Gasteiger partial charge in [0.1, 0.15) is 34.5 Å². The first-order chi connectivity index (χ1) is 35.3. The van der Waals surface area contributed by atoms with Crippen molar-refractivity contribution >= 4 is 174 Å². The Morgan fingerprint density at radius 3 is 0.400 bits per heavy atom. The van der Waals surface area contributed by atoms with Crippen molar-refractivity contribution in [2.75, 3.05) is 39.3 Å². The van der Waals surface area contributed by atoms with Gasteiger partial charge >= 0.3 is 0 Å². The molecule has 21 nitrogen and oxygen atoms in total. The zero-order valence-corrected chi connectivity index (χ0v) is 85.2. The first-order valence-electron chi connectivity index (χ1n) is 20.3. The zero-order valence-electron chi connectivity index (χ0n) is 48.1. The largest absolute Gasteiger partial charge is 1.00 e. The van der Waals surface area contributed by atoms with Gasteiger partial charge < -0.3 is 154 Å². The summed E-state index contributed by atoms with van der Waals surface area (Å²) in [5.41, 5.74) is 4.15. The molecule has 524 valence electrons. The number of nitrogens with two attached hydrogens (primary N) is 3. The summed E-state index contributed by atoms with van der Waals surface area (Å²) >= 11 is 0. The maximum atomic E-state index is 9.54. The van der Waals surface area contributed by atoms with Crippen LogP contribution in [0.3, 0.4) is 0 Å². The van der Waals surface area contributed by atoms with E-state index in [1.54, 1.807) is 146 Å². The molecule has 0 aliphatic heterocycles. The molecule has 0 amide bonds. The summed E-state index contributed by atoms with van der Waals surface area (Å²) in [4.78, 5) is 25.2. The van der Waals surface area contributed by atoms with E-state index in [0.29, 0.717) is 72.6 Å². The zero-order chi connectivity index (χ0) is 54.6. The standard InChI is InChI=1S/3C16H16N2O2.6CN.6Mn.3H2N.6Re.8Se/c3*19-15-7-3-1-5-13(15)11-17-9-10-18-12-14-6-2-4-8-16(14)20;6*1-2;;;;;;;;;;;;;;;;;;;;;;;/h3*1-8,11-12,19-20H,9-10H2;;;;;;;;;;;;;3*1H2;;;;;;;;;;;;;;/q;;;6*-1;;;;;;;3*-1;;;;;;;;;;;;;2*-1. The van der Waals surface area contributed by atoms with Gasteiger partial charge in [0.15, 0.2) is 0 Å². The van der Waals surface area contributed by atoms with Crippen molar-refractivity contribution in [3.05, 3.63) is 237 Å². The predicted molar refractivity (Wildman–Crippen MR) is 335 cm³/mol. The van der Waals surface area contributed by atoms with Crippen LogP contribution in [-0.2, 0) is 225 Å². The molecule has 0 unspecified atom stereocenters. The molecule has 26 radical (unpaired) electrons. The second kappa shape index (κ2) is 134. The molecule has 6 rings (SSSR count). The van der Waals surface area contributed by atoms with Gasteiger partial charge in [0, 0.05) is 398 Å². The molecule has 12 N–H and O–H groups in total. The van der Waals surface area contributed by atoms with Crippen LogP contribution in [-0.4, -0.2) is 244 Å². The topological polar surface area (TPSA) is 439 Å². The number of phenols is 6. The molecule has 0 spiro atoms. The molecule has 0 saturated carbocycles. The fraction of sp³-hybridized carbons (Fsp3) is 0.111. The van der Waals surface area contributed by atoms with Gasteiger partial charge in [-0.25, -0.2) is 0 Å². The second-order valence-corrected chi connectivity index (χ2v) is 12.6. The van der Waals surface area contributed by atoms with Crippen LogP contribution < -0.4 is 0 Å². The maximum absolute atomic E-state index is 9.54. The summed E-state index contributed by atoms with van der Waals surface area (Å²) in [5, 5.41) is 94.8. The van der Waals surface area contributed by atoms with E-state index in [9.17, 15) is 30.6 Å². The Morgan fingerprint density at radius 2 is 0.316 bits per heavy atom. The number of phenolic OH excluding ortho intramolecular Hbond substituents is 6. The molecule has 0 aliphatic rings. The molecular weight excluding hydrogens is 3030 g/mol. The number of aliphatic imine (C=N–C) groups is 6. The van der Waals surface area contributed by atoms with Crippen molar-refractivity contribution in [3.8, 4) is 34.5 Å². The minimum absolute atomic E-state index is 0. The molecule has 6 aromatic rings. The molecule has 0 heterocycles. The number of hydrogen-bond acceptors (Lipinski definition) is 18. The quantitative estimate of drug-likeness (QED) is 0.0251. The Kier molecular flexibility index (Phi) is 248. The van der Waals surface area contributed by atoms with Gasteiger partial charge in [-0.05, 0) is 72.8 Å². The number of hydrogen-bond donors (Lipinski definition) is 6. The molecule has 95 heavy (non-hydrogen) atoms. The summed E-state index contributed by atoms with van der Waals surface area (Å²) in [6, 6.07) is 42.2. The van der Waals surface area contributed by atoms with Gasteiger partial charge in [-0.2, -0.15) is 0 Å². The van der Waals surface area contributed by atoms with Crippen LogP contribution >= 0.6 is 0 Å². The first kappa shape index (κ1) is 176. The van der Waals surface area contributed by atoms with Crippen LogP contribution in [0.15, 0.2) is 176 Å². The molecular formula is C54H54Mn6N15O6Re6Se8-11. The van der Waals surface area contributed by atoms with Crippen LogP contribution in [0, 0.1) is 71.0 Å². The molecule has 0 bridgehead atoms. The Balaban J connectivity index is -0.0000000260. The number of para-hydroxylation sites is 6. The first-order valence-corrected chi connectivity index (χ1v) is 20.3. The van der Waals surface area contributed by atoms with Crippen LogP contribution in [0.25, 0.3) is 18.5 Å².